The molecule has 0 aromatic carbocycles. The van der Waals surface area contributed by atoms with Crippen LogP contribution in [0.2, 0.25) is 19.6 Å². The van der Waals surface area contributed by atoms with Gasteiger partial charge in [-0.1, -0.05) is 0 Å². The van der Waals surface area contributed by atoms with Crippen molar-refractivity contribution in [3.8, 4) is 0 Å². The van der Waals surface area contributed by atoms with Crippen molar-refractivity contribution < 1.29 is 18.7 Å². The molecule has 0 heterocycles. The standard InChI is InChI=1S/C9H18O4Si/c1-11-7-8(6-9(10)12-2)13-14(3,4)5/h6H,7H2,1-5H3/b8-6+. The highest BCUT2D eigenvalue weighted by atomic mass is 28.4. The molecule has 0 atom stereocenters. The maximum atomic E-state index is 11.0. The highest BCUT2D eigenvalue weighted by Crippen LogP contribution is 2.10. The molecule has 0 aliphatic carbocycles. The third-order valence-corrected chi connectivity index (χ3v) is 2.08. The van der Waals surface area contributed by atoms with Gasteiger partial charge in [0, 0.05) is 7.11 Å². The molecule has 4 nitrogen and oxygen atoms in total. The van der Waals surface area contributed by atoms with Gasteiger partial charge in [0.25, 0.3) is 0 Å². The molecule has 82 valence electrons. The fourth-order valence-electron chi connectivity index (χ4n) is 0.827. The fourth-order valence-corrected chi connectivity index (χ4v) is 1.73. The number of rotatable bonds is 5. The van der Waals surface area contributed by atoms with E-state index in [2.05, 4.69) is 4.74 Å². The monoisotopic (exact) mass is 218 g/mol. The van der Waals surface area contributed by atoms with Crippen molar-refractivity contribution in [2.75, 3.05) is 20.8 Å². The minimum Gasteiger partial charge on any atom is -0.545 e. The van der Waals surface area contributed by atoms with Gasteiger partial charge < -0.3 is 13.9 Å². The molecular weight excluding hydrogens is 200 g/mol. The number of carbonyl (C=O) groups is 1. The van der Waals surface area contributed by atoms with Crippen LogP contribution in [0, 0.1) is 0 Å². The van der Waals surface area contributed by atoms with Gasteiger partial charge in [-0.25, -0.2) is 4.79 Å². The molecule has 14 heavy (non-hydrogen) atoms. The van der Waals surface area contributed by atoms with Crippen LogP contribution in [0.4, 0.5) is 0 Å². The molecule has 0 spiro atoms. The van der Waals surface area contributed by atoms with Gasteiger partial charge in [0.15, 0.2) is 0 Å². The van der Waals surface area contributed by atoms with Crippen molar-refractivity contribution in [3.05, 3.63) is 11.8 Å². The molecule has 0 aromatic heterocycles. The van der Waals surface area contributed by atoms with Crippen LogP contribution in [0.3, 0.4) is 0 Å². The van der Waals surface area contributed by atoms with Crippen LogP contribution in [0.1, 0.15) is 0 Å². The maximum Gasteiger partial charge on any atom is 0.333 e. The van der Waals surface area contributed by atoms with E-state index in [-0.39, 0.29) is 0 Å². The lowest BCUT2D eigenvalue weighted by Gasteiger charge is -2.21. The summed E-state index contributed by atoms with van der Waals surface area (Å²) in [7, 11) is 1.19. The van der Waals surface area contributed by atoms with Crippen molar-refractivity contribution in [1.82, 2.24) is 0 Å². The van der Waals surface area contributed by atoms with Gasteiger partial charge in [0.1, 0.15) is 12.4 Å². The second-order valence-electron chi connectivity index (χ2n) is 3.78. The van der Waals surface area contributed by atoms with Crippen molar-refractivity contribution >= 4 is 14.3 Å². The molecule has 0 saturated heterocycles. The predicted octanol–water partition coefficient (Wildman–Crippen LogP) is 1.54. The molecule has 0 fully saturated rings. The molecule has 0 unspecified atom stereocenters. The fraction of sp³-hybridized carbons (Fsp3) is 0.667. The first-order chi connectivity index (χ1) is 6.39. The quantitative estimate of drug-likeness (QED) is 0.304. The average molecular weight is 218 g/mol. The van der Waals surface area contributed by atoms with E-state index < -0.39 is 14.3 Å². The third-order valence-electron chi connectivity index (χ3n) is 1.20. The summed E-state index contributed by atoms with van der Waals surface area (Å²) in [6.07, 6.45) is 1.32. The summed E-state index contributed by atoms with van der Waals surface area (Å²) < 4.78 is 15.0. The van der Waals surface area contributed by atoms with Gasteiger partial charge in [0.2, 0.25) is 8.32 Å². The van der Waals surface area contributed by atoms with E-state index in [0.29, 0.717) is 12.4 Å². The van der Waals surface area contributed by atoms with Gasteiger partial charge in [-0.15, -0.1) is 0 Å². The number of ether oxygens (including phenoxy) is 2. The van der Waals surface area contributed by atoms with E-state index in [4.69, 9.17) is 9.16 Å². The third kappa shape index (κ3) is 6.68. The van der Waals surface area contributed by atoms with E-state index in [1.807, 2.05) is 19.6 Å². The van der Waals surface area contributed by atoms with Crippen molar-refractivity contribution in [2.45, 2.75) is 19.6 Å². The first-order valence-corrected chi connectivity index (χ1v) is 7.76. The lowest BCUT2D eigenvalue weighted by atomic mass is 10.4. The van der Waals surface area contributed by atoms with E-state index in [0.717, 1.165) is 0 Å². The van der Waals surface area contributed by atoms with E-state index >= 15 is 0 Å². The minimum absolute atomic E-state index is 0.291. The summed E-state index contributed by atoms with van der Waals surface area (Å²) in [5.74, 6) is 0.105. The van der Waals surface area contributed by atoms with Crippen LogP contribution in [0.15, 0.2) is 11.8 Å². The maximum absolute atomic E-state index is 11.0. The summed E-state index contributed by atoms with van der Waals surface area (Å²) >= 11 is 0. The van der Waals surface area contributed by atoms with E-state index in [9.17, 15) is 4.79 Å². The Bertz CT molecular complexity index is 217. The predicted molar refractivity (Wildman–Crippen MR) is 56.4 cm³/mol. The molecule has 0 radical (unpaired) electrons. The normalized spacial score (nSPS) is 12.5. The van der Waals surface area contributed by atoms with Crippen molar-refractivity contribution in [1.29, 1.82) is 0 Å². The number of methoxy groups -OCH3 is 2. The molecule has 0 amide bonds. The zero-order chi connectivity index (χ0) is 11.2. The molecule has 0 aliphatic heterocycles. The van der Waals surface area contributed by atoms with Gasteiger partial charge in [-0.3, -0.25) is 0 Å². The molecule has 0 bridgehead atoms. The molecular formula is C9H18O4Si. The lowest BCUT2D eigenvalue weighted by Crippen LogP contribution is -2.26. The SMILES string of the molecule is COC/C(=C\C(=O)OC)O[Si](C)(C)C. The molecule has 0 N–H and O–H groups in total. The number of hydrogen-bond acceptors (Lipinski definition) is 4. The average Bonchev–Trinajstić information content (AvgIpc) is 2.01. The highest BCUT2D eigenvalue weighted by molar-refractivity contribution is 6.70. The Morgan fingerprint density at radius 3 is 2.21 bits per heavy atom. The highest BCUT2D eigenvalue weighted by Gasteiger charge is 2.18. The van der Waals surface area contributed by atoms with Gasteiger partial charge >= 0.3 is 5.97 Å². The van der Waals surface area contributed by atoms with Crippen LogP contribution in [-0.4, -0.2) is 35.1 Å². The molecule has 0 saturated carbocycles. The Morgan fingerprint density at radius 2 is 1.86 bits per heavy atom. The Labute approximate surface area is 86.0 Å². The zero-order valence-corrected chi connectivity index (χ0v) is 10.4. The Balaban J connectivity index is 4.43. The summed E-state index contributed by atoms with van der Waals surface area (Å²) in [6.45, 7) is 6.40. The second kappa shape index (κ2) is 5.82. The van der Waals surface area contributed by atoms with E-state index in [1.165, 1.54) is 13.2 Å². The van der Waals surface area contributed by atoms with Gasteiger partial charge in [0.05, 0.1) is 13.2 Å². The van der Waals surface area contributed by atoms with Gasteiger partial charge in [-0.2, -0.15) is 0 Å². The van der Waals surface area contributed by atoms with Crippen LogP contribution in [0.25, 0.3) is 0 Å². The minimum atomic E-state index is -1.69. The Kier molecular flexibility index (Phi) is 5.48. The topological polar surface area (TPSA) is 44.8 Å². The van der Waals surface area contributed by atoms with Gasteiger partial charge in [-0.05, 0) is 19.6 Å². The summed E-state index contributed by atoms with van der Waals surface area (Å²) in [5, 5.41) is 0. The van der Waals surface area contributed by atoms with Crippen LogP contribution in [-0.2, 0) is 18.7 Å². The Hall–Kier alpha value is -0.813. The number of esters is 1. The number of hydrogen-bond donors (Lipinski definition) is 0. The second-order valence-corrected chi connectivity index (χ2v) is 8.21. The van der Waals surface area contributed by atoms with Crippen molar-refractivity contribution in [3.63, 3.8) is 0 Å². The molecule has 5 heteroatoms. The summed E-state index contributed by atoms with van der Waals surface area (Å²) in [6, 6.07) is 0. The van der Waals surface area contributed by atoms with Crippen LogP contribution < -0.4 is 0 Å². The van der Waals surface area contributed by atoms with Crippen molar-refractivity contribution in [2.24, 2.45) is 0 Å². The molecule has 0 aliphatic rings. The van der Waals surface area contributed by atoms with Crippen LogP contribution in [0.5, 0.6) is 0 Å². The summed E-state index contributed by atoms with van der Waals surface area (Å²) in [5.41, 5.74) is 0. The zero-order valence-electron chi connectivity index (χ0n) is 9.42. The van der Waals surface area contributed by atoms with E-state index in [1.54, 1.807) is 7.11 Å². The number of carbonyl (C=O) groups excluding carboxylic acids is 1. The van der Waals surface area contributed by atoms with Crippen LogP contribution >= 0.6 is 0 Å². The molecule has 0 aromatic rings. The Morgan fingerprint density at radius 1 is 1.29 bits per heavy atom. The first-order valence-electron chi connectivity index (χ1n) is 4.35. The molecule has 0 rings (SSSR count). The lowest BCUT2D eigenvalue weighted by molar-refractivity contribution is -0.135. The largest absolute Gasteiger partial charge is 0.545 e. The summed E-state index contributed by atoms with van der Waals surface area (Å²) in [4.78, 5) is 11.0. The first kappa shape index (κ1) is 13.2. The smallest absolute Gasteiger partial charge is 0.333 e.